The molecule has 14 heteroatoms. The lowest BCUT2D eigenvalue weighted by atomic mass is 10.0. The molecule has 0 aliphatic rings. The second-order valence-electron chi connectivity index (χ2n) is 7.41. The Morgan fingerprint density at radius 1 is 1.03 bits per heavy atom. The summed E-state index contributed by atoms with van der Waals surface area (Å²) in [4.78, 5) is 66.3. The first-order valence-corrected chi connectivity index (χ1v) is 10.5. The molecule has 0 saturated heterocycles. The van der Waals surface area contributed by atoms with Gasteiger partial charge in [0, 0.05) is 24.7 Å². The number of carbonyl (C=O) groups excluding carboxylic acids is 4. The molecule has 0 aromatic carbocycles. The molecule has 0 saturated carbocycles. The number of imidazole rings is 1. The van der Waals surface area contributed by atoms with Crippen LogP contribution >= 0.6 is 0 Å². The summed E-state index contributed by atoms with van der Waals surface area (Å²) in [5, 5.41) is 15.9. The third kappa shape index (κ3) is 11.1. The largest absolute Gasteiger partial charge is 0.480 e. The van der Waals surface area contributed by atoms with Crippen LogP contribution in [0, 0.1) is 0 Å². The normalized spacial score (nSPS) is 13.4. The molecule has 4 amide bonds. The second-order valence-corrected chi connectivity index (χ2v) is 7.41. The minimum Gasteiger partial charge on any atom is -0.480 e. The van der Waals surface area contributed by atoms with Crippen LogP contribution in [0.25, 0.3) is 0 Å². The Bertz CT molecular complexity index is 800. The number of aromatic amines is 1. The van der Waals surface area contributed by atoms with Gasteiger partial charge in [0.05, 0.1) is 12.4 Å². The Morgan fingerprint density at radius 2 is 1.70 bits per heavy atom. The van der Waals surface area contributed by atoms with Crippen molar-refractivity contribution in [2.75, 3.05) is 13.1 Å². The number of aromatic nitrogens is 2. The van der Waals surface area contributed by atoms with E-state index in [4.69, 9.17) is 22.3 Å². The second kappa shape index (κ2) is 14.5. The highest BCUT2D eigenvalue weighted by molar-refractivity contribution is 5.94. The molecule has 0 spiro atoms. The zero-order valence-electron chi connectivity index (χ0n) is 18.2. The predicted molar refractivity (Wildman–Crippen MR) is 116 cm³/mol. The fourth-order valence-corrected chi connectivity index (χ4v) is 2.88. The lowest BCUT2D eigenvalue weighted by Crippen LogP contribution is -2.56. The van der Waals surface area contributed by atoms with Crippen LogP contribution in [-0.2, 0) is 30.4 Å². The van der Waals surface area contributed by atoms with Gasteiger partial charge in [0.1, 0.15) is 18.6 Å². The van der Waals surface area contributed by atoms with Crippen LogP contribution in [0.1, 0.15) is 37.8 Å². The zero-order valence-corrected chi connectivity index (χ0v) is 18.2. The van der Waals surface area contributed by atoms with E-state index in [0.717, 1.165) is 0 Å². The van der Waals surface area contributed by atoms with Gasteiger partial charge in [-0.25, -0.2) is 4.98 Å². The van der Waals surface area contributed by atoms with Crippen LogP contribution in [-0.4, -0.2) is 75.9 Å². The number of amides is 4. The summed E-state index contributed by atoms with van der Waals surface area (Å²) in [6, 6.07) is -3.21. The number of carboxylic acid groups (broad SMARTS) is 1. The first-order chi connectivity index (χ1) is 15.6. The van der Waals surface area contributed by atoms with Crippen LogP contribution < -0.4 is 33.2 Å². The molecule has 0 aliphatic carbocycles. The van der Waals surface area contributed by atoms with Gasteiger partial charge in [-0.15, -0.1) is 0 Å². The molecule has 11 N–H and O–H groups in total. The molecule has 1 heterocycles. The smallest absolute Gasteiger partial charge is 0.322 e. The summed E-state index contributed by atoms with van der Waals surface area (Å²) in [5.74, 6) is -4.04. The van der Waals surface area contributed by atoms with Crippen molar-refractivity contribution in [1.29, 1.82) is 0 Å². The Morgan fingerprint density at radius 3 is 2.27 bits per heavy atom. The van der Waals surface area contributed by atoms with E-state index in [1.807, 2.05) is 0 Å². The average molecular weight is 469 g/mol. The maximum absolute atomic E-state index is 12.9. The van der Waals surface area contributed by atoms with E-state index in [1.54, 1.807) is 0 Å². The lowest BCUT2D eigenvalue weighted by molar-refractivity contribution is -0.138. The molecule has 0 bridgehead atoms. The molecule has 184 valence electrons. The minimum atomic E-state index is -1.28. The molecule has 33 heavy (non-hydrogen) atoms. The summed E-state index contributed by atoms with van der Waals surface area (Å²) in [6.45, 7) is -0.276. The Kier molecular flexibility index (Phi) is 12.1. The van der Waals surface area contributed by atoms with Gasteiger partial charge >= 0.3 is 5.97 Å². The molecule has 1 aromatic rings. The Hall–Kier alpha value is -3.52. The van der Waals surface area contributed by atoms with Gasteiger partial charge in [-0.1, -0.05) is 0 Å². The maximum Gasteiger partial charge on any atom is 0.322 e. The van der Waals surface area contributed by atoms with Crippen molar-refractivity contribution in [1.82, 2.24) is 25.9 Å². The van der Waals surface area contributed by atoms with Crippen molar-refractivity contribution in [2.24, 2.45) is 17.2 Å². The molecule has 3 unspecified atom stereocenters. The van der Waals surface area contributed by atoms with Crippen molar-refractivity contribution < 1.29 is 29.1 Å². The van der Waals surface area contributed by atoms with E-state index >= 15 is 0 Å². The predicted octanol–water partition coefficient (Wildman–Crippen LogP) is -3.16. The van der Waals surface area contributed by atoms with Gasteiger partial charge in [0.25, 0.3) is 0 Å². The van der Waals surface area contributed by atoms with E-state index in [9.17, 15) is 24.0 Å². The number of hydrogen-bond acceptors (Lipinski definition) is 8. The number of primary amides is 1. The highest BCUT2D eigenvalue weighted by Gasteiger charge is 2.28. The van der Waals surface area contributed by atoms with Gasteiger partial charge in [0.2, 0.25) is 23.6 Å². The van der Waals surface area contributed by atoms with Crippen molar-refractivity contribution in [2.45, 2.75) is 56.7 Å². The molecular weight excluding hydrogens is 436 g/mol. The van der Waals surface area contributed by atoms with Gasteiger partial charge in [0.15, 0.2) is 0 Å². The number of carboxylic acids is 1. The highest BCUT2D eigenvalue weighted by Crippen LogP contribution is 2.05. The molecule has 0 aliphatic heterocycles. The molecule has 1 rings (SSSR count). The van der Waals surface area contributed by atoms with Crippen molar-refractivity contribution in [3.05, 3.63) is 18.2 Å². The van der Waals surface area contributed by atoms with Crippen molar-refractivity contribution in [3.63, 3.8) is 0 Å². The number of nitrogens with zero attached hydrogens (tertiary/aromatic N) is 1. The van der Waals surface area contributed by atoms with Gasteiger partial charge in [-0.05, 0) is 32.2 Å². The summed E-state index contributed by atoms with van der Waals surface area (Å²) < 4.78 is 0. The summed E-state index contributed by atoms with van der Waals surface area (Å²) in [5.41, 5.74) is 17.2. The molecular formula is C19H32N8O6. The molecule has 14 nitrogen and oxygen atoms in total. The topological polar surface area (TPSA) is 248 Å². The third-order valence-corrected chi connectivity index (χ3v) is 4.64. The quantitative estimate of drug-likeness (QED) is 0.114. The number of carbonyl (C=O) groups is 5. The lowest BCUT2D eigenvalue weighted by Gasteiger charge is -2.24. The summed E-state index contributed by atoms with van der Waals surface area (Å²) in [7, 11) is 0. The monoisotopic (exact) mass is 468 g/mol. The van der Waals surface area contributed by atoms with Crippen LogP contribution in [0.2, 0.25) is 0 Å². The number of hydrogen-bond donors (Lipinski definition) is 8. The van der Waals surface area contributed by atoms with Gasteiger partial charge < -0.3 is 43.2 Å². The minimum absolute atomic E-state index is 0.144. The summed E-state index contributed by atoms with van der Waals surface area (Å²) >= 11 is 0. The number of aliphatic carboxylic acids is 1. The summed E-state index contributed by atoms with van der Waals surface area (Å²) in [6.07, 6.45) is 4.13. The van der Waals surface area contributed by atoms with Crippen molar-refractivity contribution in [3.8, 4) is 0 Å². The van der Waals surface area contributed by atoms with E-state index < -0.39 is 54.3 Å². The third-order valence-electron chi connectivity index (χ3n) is 4.64. The number of unbranched alkanes of at least 4 members (excludes halogenated alkanes) is 1. The van der Waals surface area contributed by atoms with E-state index in [2.05, 4.69) is 25.9 Å². The molecule has 0 radical (unpaired) electrons. The number of nitrogens with one attached hydrogen (secondary N) is 4. The first kappa shape index (κ1) is 27.5. The average Bonchev–Trinajstić information content (AvgIpc) is 3.26. The first-order valence-electron chi connectivity index (χ1n) is 10.5. The van der Waals surface area contributed by atoms with Gasteiger partial charge in [-0.2, -0.15) is 0 Å². The zero-order chi connectivity index (χ0) is 24.8. The van der Waals surface area contributed by atoms with E-state index in [0.29, 0.717) is 25.1 Å². The molecule has 3 atom stereocenters. The molecule has 0 fully saturated rings. The number of H-pyrrole nitrogens is 1. The van der Waals surface area contributed by atoms with Crippen LogP contribution in [0.3, 0.4) is 0 Å². The number of rotatable bonds is 16. The SMILES string of the molecule is NCCCCC(NC(=O)C(N)Cc1cnc[nH]1)C(=O)NC(CCC(N)=O)C(=O)NCC(=O)O. The highest BCUT2D eigenvalue weighted by atomic mass is 16.4. The number of nitrogens with two attached hydrogens (primary N) is 3. The fourth-order valence-electron chi connectivity index (χ4n) is 2.88. The van der Waals surface area contributed by atoms with Crippen molar-refractivity contribution >= 4 is 29.6 Å². The van der Waals surface area contributed by atoms with Crippen LogP contribution in [0.15, 0.2) is 12.5 Å². The fraction of sp³-hybridized carbons (Fsp3) is 0.579. The Balaban J connectivity index is 2.86. The van der Waals surface area contributed by atoms with Crippen LogP contribution in [0.5, 0.6) is 0 Å². The van der Waals surface area contributed by atoms with Gasteiger partial charge in [-0.3, -0.25) is 24.0 Å². The maximum atomic E-state index is 12.9. The Labute approximate surface area is 190 Å². The van der Waals surface area contributed by atoms with Crippen LogP contribution in [0.4, 0.5) is 0 Å². The standard InChI is InChI=1S/C19H32N8O6/c20-6-2-1-3-13(26-17(31)12(21)7-11-8-23-10-25-11)19(33)27-14(4-5-15(22)28)18(32)24-9-16(29)30/h8,10,12-14H,1-7,9,20-21H2,(H2,22,28)(H,23,25)(H,24,32)(H,26,31)(H,27,33)(H,29,30). The van der Waals surface area contributed by atoms with E-state index in [-0.39, 0.29) is 25.7 Å². The van der Waals surface area contributed by atoms with E-state index in [1.165, 1.54) is 12.5 Å². The molecule has 1 aromatic heterocycles.